The van der Waals surface area contributed by atoms with Gasteiger partial charge in [0.1, 0.15) is 5.84 Å². The first-order valence-corrected chi connectivity index (χ1v) is 7.23. The van der Waals surface area contributed by atoms with Crippen LogP contribution in [0.1, 0.15) is 5.56 Å². The van der Waals surface area contributed by atoms with E-state index in [0.29, 0.717) is 31.7 Å². The fourth-order valence-electron chi connectivity index (χ4n) is 2.33. The van der Waals surface area contributed by atoms with E-state index >= 15 is 0 Å². The van der Waals surface area contributed by atoms with Crippen molar-refractivity contribution in [3.63, 3.8) is 0 Å². The van der Waals surface area contributed by atoms with Gasteiger partial charge in [0.15, 0.2) is 0 Å². The van der Waals surface area contributed by atoms with Crippen molar-refractivity contribution >= 4 is 27.5 Å². The number of nitrogens with two attached hydrogens (primary N) is 1. The maximum atomic E-state index is 12.3. The standard InChI is InChI=1S/C13H16BrF3N4/c14-10-7-9(12(18)19)1-2-11(10)21-5-3-20(4-6-21)8-13(15,16)17/h1-2,7H,3-6,8H2,(H3,18,19). The molecule has 1 saturated heterocycles. The minimum atomic E-state index is -4.15. The Morgan fingerprint density at radius 2 is 1.86 bits per heavy atom. The molecule has 1 aliphatic heterocycles. The van der Waals surface area contributed by atoms with Crippen molar-refractivity contribution < 1.29 is 13.2 Å². The predicted molar refractivity (Wildman–Crippen MR) is 79.9 cm³/mol. The van der Waals surface area contributed by atoms with E-state index in [-0.39, 0.29) is 5.84 Å². The summed E-state index contributed by atoms with van der Waals surface area (Å²) in [4.78, 5) is 3.44. The average Bonchev–Trinajstić information content (AvgIpc) is 2.38. The molecule has 2 rings (SSSR count). The molecule has 1 aliphatic rings. The third-order valence-electron chi connectivity index (χ3n) is 3.37. The van der Waals surface area contributed by atoms with Gasteiger partial charge in [0, 0.05) is 36.2 Å². The molecule has 0 saturated carbocycles. The molecule has 1 heterocycles. The highest BCUT2D eigenvalue weighted by atomic mass is 79.9. The third kappa shape index (κ3) is 4.34. The van der Waals surface area contributed by atoms with Gasteiger partial charge < -0.3 is 10.6 Å². The molecule has 21 heavy (non-hydrogen) atoms. The maximum absolute atomic E-state index is 12.3. The molecule has 0 aliphatic carbocycles. The molecular formula is C13H16BrF3N4. The minimum Gasteiger partial charge on any atom is -0.384 e. The maximum Gasteiger partial charge on any atom is 0.401 e. The van der Waals surface area contributed by atoms with Crippen molar-refractivity contribution in [2.75, 3.05) is 37.6 Å². The summed E-state index contributed by atoms with van der Waals surface area (Å²) >= 11 is 3.43. The van der Waals surface area contributed by atoms with E-state index in [1.165, 1.54) is 4.90 Å². The summed E-state index contributed by atoms with van der Waals surface area (Å²) in [6.07, 6.45) is -4.15. The fourth-order valence-corrected chi connectivity index (χ4v) is 2.96. The van der Waals surface area contributed by atoms with Crippen LogP contribution in [0.15, 0.2) is 22.7 Å². The van der Waals surface area contributed by atoms with Crippen molar-refractivity contribution in [1.82, 2.24) is 4.90 Å². The SMILES string of the molecule is N=C(N)c1ccc(N2CCN(CC(F)(F)F)CC2)c(Br)c1. The minimum absolute atomic E-state index is 0.0164. The second-order valence-corrected chi connectivity index (χ2v) is 5.81. The molecule has 0 amide bonds. The quantitative estimate of drug-likeness (QED) is 0.639. The van der Waals surface area contributed by atoms with Crippen LogP contribution in [0.25, 0.3) is 0 Å². The highest BCUT2D eigenvalue weighted by molar-refractivity contribution is 9.10. The first-order valence-electron chi connectivity index (χ1n) is 6.44. The summed E-state index contributed by atoms with van der Waals surface area (Å²) in [5, 5.41) is 7.39. The molecule has 0 aromatic heterocycles. The number of nitrogens with one attached hydrogen (secondary N) is 1. The highest BCUT2D eigenvalue weighted by Crippen LogP contribution is 2.28. The highest BCUT2D eigenvalue weighted by Gasteiger charge is 2.32. The molecule has 0 atom stereocenters. The second-order valence-electron chi connectivity index (χ2n) is 4.96. The number of benzene rings is 1. The van der Waals surface area contributed by atoms with Gasteiger partial charge in [-0.3, -0.25) is 10.3 Å². The van der Waals surface area contributed by atoms with Crippen molar-refractivity contribution in [3.05, 3.63) is 28.2 Å². The summed E-state index contributed by atoms with van der Waals surface area (Å²) in [6.45, 7) is 0.967. The molecule has 0 unspecified atom stereocenters. The van der Waals surface area contributed by atoms with Crippen molar-refractivity contribution in [1.29, 1.82) is 5.41 Å². The number of rotatable bonds is 3. The first-order chi connectivity index (χ1) is 9.76. The van der Waals surface area contributed by atoms with Crippen LogP contribution in [-0.2, 0) is 0 Å². The zero-order chi connectivity index (χ0) is 15.6. The summed E-state index contributed by atoms with van der Waals surface area (Å²) in [5.41, 5.74) is 6.95. The molecular weight excluding hydrogens is 349 g/mol. The topological polar surface area (TPSA) is 56.4 Å². The van der Waals surface area contributed by atoms with Crippen molar-refractivity contribution in [3.8, 4) is 0 Å². The Morgan fingerprint density at radius 3 is 2.33 bits per heavy atom. The summed E-state index contributed by atoms with van der Waals surface area (Å²) in [5.74, 6) is -0.0164. The zero-order valence-electron chi connectivity index (χ0n) is 11.3. The smallest absolute Gasteiger partial charge is 0.384 e. The Hall–Kier alpha value is -1.28. The molecule has 116 valence electrons. The van der Waals surface area contributed by atoms with Crippen LogP contribution in [0.2, 0.25) is 0 Å². The number of halogens is 4. The number of nitrogens with zero attached hydrogens (tertiary/aromatic N) is 2. The molecule has 0 spiro atoms. The van der Waals surface area contributed by atoms with Gasteiger partial charge in [-0.15, -0.1) is 0 Å². The van der Waals surface area contributed by atoms with Crippen LogP contribution in [0.4, 0.5) is 18.9 Å². The Kier molecular flexibility index (Phi) is 4.77. The molecule has 8 heteroatoms. The van der Waals surface area contributed by atoms with E-state index in [4.69, 9.17) is 11.1 Å². The summed E-state index contributed by atoms with van der Waals surface area (Å²) < 4.78 is 37.8. The number of anilines is 1. The van der Waals surface area contributed by atoms with Gasteiger partial charge in [-0.05, 0) is 34.1 Å². The van der Waals surface area contributed by atoms with Gasteiger partial charge in [0.05, 0.1) is 12.2 Å². The monoisotopic (exact) mass is 364 g/mol. The molecule has 0 radical (unpaired) electrons. The third-order valence-corrected chi connectivity index (χ3v) is 4.01. The number of alkyl halides is 3. The number of piperazine rings is 1. The van der Waals surface area contributed by atoms with Gasteiger partial charge in [0.25, 0.3) is 0 Å². The molecule has 3 N–H and O–H groups in total. The number of hydrogen-bond acceptors (Lipinski definition) is 3. The Labute approximate surface area is 129 Å². The summed E-state index contributed by atoms with van der Waals surface area (Å²) in [6, 6.07) is 5.32. The van der Waals surface area contributed by atoms with Gasteiger partial charge in [-0.25, -0.2) is 0 Å². The van der Waals surface area contributed by atoms with E-state index < -0.39 is 12.7 Å². The summed E-state index contributed by atoms with van der Waals surface area (Å²) in [7, 11) is 0. The molecule has 1 aromatic carbocycles. The Balaban J connectivity index is 2.01. The number of amidine groups is 1. The van der Waals surface area contributed by atoms with E-state index in [1.807, 2.05) is 11.0 Å². The molecule has 1 aromatic rings. The van der Waals surface area contributed by atoms with Gasteiger partial charge in [-0.2, -0.15) is 13.2 Å². The van der Waals surface area contributed by atoms with E-state index in [0.717, 1.165) is 10.2 Å². The van der Waals surface area contributed by atoms with Gasteiger partial charge in [0.2, 0.25) is 0 Å². The van der Waals surface area contributed by atoms with E-state index in [1.54, 1.807) is 12.1 Å². The first kappa shape index (κ1) is 16.1. The van der Waals surface area contributed by atoms with Crippen LogP contribution in [0.3, 0.4) is 0 Å². The lowest BCUT2D eigenvalue weighted by Gasteiger charge is -2.36. The van der Waals surface area contributed by atoms with Gasteiger partial charge >= 0.3 is 6.18 Å². The zero-order valence-corrected chi connectivity index (χ0v) is 12.8. The normalized spacial score (nSPS) is 17.0. The largest absolute Gasteiger partial charge is 0.401 e. The van der Waals surface area contributed by atoms with Crippen LogP contribution in [-0.4, -0.2) is 49.6 Å². The number of nitrogen functional groups attached to an aromatic ring is 1. The Bertz CT molecular complexity index is 525. The van der Waals surface area contributed by atoms with Crippen LogP contribution in [0, 0.1) is 5.41 Å². The van der Waals surface area contributed by atoms with E-state index in [2.05, 4.69) is 15.9 Å². The lowest BCUT2D eigenvalue weighted by atomic mass is 10.1. The Morgan fingerprint density at radius 1 is 1.24 bits per heavy atom. The van der Waals surface area contributed by atoms with Crippen LogP contribution >= 0.6 is 15.9 Å². The molecule has 0 bridgehead atoms. The fraction of sp³-hybridized carbons (Fsp3) is 0.462. The van der Waals surface area contributed by atoms with Gasteiger partial charge in [-0.1, -0.05) is 0 Å². The second kappa shape index (κ2) is 6.23. The lowest BCUT2D eigenvalue weighted by molar-refractivity contribution is -0.146. The number of hydrogen-bond donors (Lipinski definition) is 2. The van der Waals surface area contributed by atoms with Crippen LogP contribution < -0.4 is 10.6 Å². The molecule has 4 nitrogen and oxygen atoms in total. The molecule has 1 fully saturated rings. The predicted octanol–water partition coefficient (Wildman–Crippen LogP) is 2.42. The lowest BCUT2D eigenvalue weighted by Crippen LogP contribution is -2.49. The average molecular weight is 365 g/mol. The van der Waals surface area contributed by atoms with E-state index in [9.17, 15) is 13.2 Å². The van der Waals surface area contributed by atoms with Crippen molar-refractivity contribution in [2.24, 2.45) is 5.73 Å². The van der Waals surface area contributed by atoms with Crippen molar-refractivity contribution in [2.45, 2.75) is 6.18 Å². The van der Waals surface area contributed by atoms with Crippen LogP contribution in [0.5, 0.6) is 0 Å².